The predicted octanol–water partition coefficient (Wildman–Crippen LogP) is 2.58. The molecule has 6 nitrogen and oxygen atoms in total. The lowest BCUT2D eigenvalue weighted by Crippen LogP contribution is -2.35. The number of aromatic nitrogens is 4. The van der Waals surface area contributed by atoms with Crippen LogP contribution in [0.4, 0.5) is 0 Å². The van der Waals surface area contributed by atoms with Gasteiger partial charge in [-0.05, 0) is 57.5 Å². The lowest BCUT2D eigenvalue weighted by atomic mass is 9.97. The molecule has 2 aromatic rings. The summed E-state index contributed by atoms with van der Waals surface area (Å²) in [5.74, 6) is 2.74. The summed E-state index contributed by atoms with van der Waals surface area (Å²) in [6, 6.07) is 6.16. The van der Waals surface area contributed by atoms with Gasteiger partial charge in [0.25, 0.3) is 0 Å². The molecule has 1 atom stereocenters. The normalized spacial score (nSPS) is 22.6. The number of hydrogen-bond acceptors (Lipinski definition) is 5. The molecule has 140 valence electrons. The lowest BCUT2D eigenvalue weighted by Gasteiger charge is -2.32. The van der Waals surface area contributed by atoms with Crippen LogP contribution in [0.1, 0.15) is 55.4 Å². The molecule has 0 aromatic carbocycles. The van der Waals surface area contributed by atoms with E-state index in [-0.39, 0.29) is 0 Å². The van der Waals surface area contributed by atoms with Gasteiger partial charge in [0.15, 0.2) is 0 Å². The lowest BCUT2D eigenvalue weighted by molar-refractivity contribution is 0.192. The molecule has 0 bridgehead atoms. The second-order valence-electron chi connectivity index (χ2n) is 7.77. The third-order valence-corrected chi connectivity index (χ3v) is 5.79. The Balaban J connectivity index is 1.40. The first-order valence-electron chi connectivity index (χ1n) is 10.0. The Labute approximate surface area is 156 Å². The smallest absolute Gasteiger partial charge is 0.146 e. The van der Waals surface area contributed by atoms with Gasteiger partial charge in [0.1, 0.15) is 11.6 Å². The van der Waals surface area contributed by atoms with Gasteiger partial charge in [0, 0.05) is 32.3 Å². The molecule has 4 rings (SSSR count). The molecular weight excluding hydrogens is 324 g/mol. The van der Waals surface area contributed by atoms with Crippen molar-refractivity contribution in [2.45, 2.75) is 51.1 Å². The zero-order valence-electron chi connectivity index (χ0n) is 15.8. The number of piperidine rings is 2. The first kappa shape index (κ1) is 17.6. The van der Waals surface area contributed by atoms with Crippen molar-refractivity contribution in [2.24, 2.45) is 7.05 Å². The van der Waals surface area contributed by atoms with Gasteiger partial charge in [-0.1, -0.05) is 12.5 Å². The fourth-order valence-corrected chi connectivity index (χ4v) is 4.32. The molecule has 0 radical (unpaired) electrons. The number of rotatable bonds is 5. The van der Waals surface area contributed by atoms with E-state index < -0.39 is 0 Å². The fourth-order valence-electron chi connectivity index (χ4n) is 4.32. The average molecular weight is 355 g/mol. The van der Waals surface area contributed by atoms with Crippen molar-refractivity contribution in [3.05, 3.63) is 41.7 Å². The summed E-state index contributed by atoms with van der Waals surface area (Å²) in [4.78, 5) is 9.51. The molecular formula is C20H30N6. The quantitative estimate of drug-likeness (QED) is 0.826. The minimum Gasteiger partial charge on any atom is -0.317 e. The van der Waals surface area contributed by atoms with Crippen LogP contribution in [0, 0.1) is 0 Å². The standard InChI is InChI=1S/C20H30N6/c1-24-19(16-25-11-5-2-6-12-25)22-23-20(24)17-8-7-13-26(14-17)15-18-9-3-4-10-21-18/h3-4,9-10,17H,2,5-8,11-16H2,1H3. The van der Waals surface area contributed by atoms with E-state index in [0.717, 1.165) is 43.5 Å². The molecule has 26 heavy (non-hydrogen) atoms. The molecule has 0 N–H and O–H groups in total. The number of nitrogens with zero attached hydrogens (tertiary/aromatic N) is 6. The maximum absolute atomic E-state index is 4.59. The summed E-state index contributed by atoms with van der Waals surface area (Å²) in [6.07, 6.45) is 8.30. The zero-order chi connectivity index (χ0) is 17.8. The largest absolute Gasteiger partial charge is 0.317 e. The van der Waals surface area contributed by atoms with E-state index in [1.165, 1.54) is 45.2 Å². The van der Waals surface area contributed by atoms with Crippen LogP contribution >= 0.6 is 0 Å². The van der Waals surface area contributed by atoms with Crippen LogP contribution in [0.3, 0.4) is 0 Å². The first-order valence-corrected chi connectivity index (χ1v) is 10.0. The molecule has 2 saturated heterocycles. The molecule has 2 aromatic heterocycles. The summed E-state index contributed by atoms with van der Waals surface area (Å²) in [5, 5.41) is 9.12. The van der Waals surface area contributed by atoms with Crippen molar-refractivity contribution in [3.8, 4) is 0 Å². The van der Waals surface area contributed by atoms with E-state index in [1.54, 1.807) is 0 Å². The van der Waals surface area contributed by atoms with Crippen LogP contribution in [0.2, 0.25) is 0 Å². The third kappa shape index (κ3) is 4.13. The minimum atomic E-state index is 0.472. The van der Waals surface area contributed by atoms with Crippen LogP contribution in [0.5, 0.6) is 0 Å². The SMILES string of the molecule is Cn1c(CN2CCCCC2)nnc1C1CCCN(Cc2ccccn2)C1. The minimum absolute atomic E-state index is 0.472. The number of likely N-dealkylation sites (tertiary alicyclic amines) is 2. The summed E-state index contributed by atoms with van der Waals surface area (Å²) in [6.45, 7) is 6.45. The highest BCUT2D eigenvalue weighted by atomic mass is 15.3. The summed E-state index contributed by atoms with van der Waals surface area (Å²) in [5.41, 5.74) is 1.15. The Hall–Kier alpha value is -1.79. The Morgan fingerprint density at radius 3 is 2.62 bits per heavy atom. The van der Waals surface area contributed by atoms with Crippen molar-refractivity contribution in [1.82, 2.24) is 29.5 Å². The first-order chi connectivity index (χ1) is 12.8. The Bertz CT molecular complexity index is 692. The van der Waals surface area contributed by atoms with E-state index in [2.05, 4.69) is 48.7 Å². The van der Waals surface area contributed by atoms with Crippen LogP contribution in [0.25, 0.3) is 0 Å². The van der Waals surface area contributed by atoms with Crippen molar-refractivity contribution in [3.63, 3.8) is 0 Å². The maximum Gasteiger partial charge on any atom is 0.146 e. The van der Waals surface area contributed by atoms with Gasteiger partial charge < -0.3 is 4.57 Å². The Morgan fingerprint density at radius 1 is 0.962 bits per heavy atom. The molecule has 1 unspecified atom stereocenters. The zero-order valence-corrected chi connectivity index (χ0v) is 15.8. The van der Waals surface area contributed by atoms with Crippen molar-refractivity contribution >= 4 is 0 Å². The number of hydrogen-bond donors (Lipinski definition) is 0. The molecule has 6 heteroatoms. The highest BCUT2D eigenvalue weighted by molar-refractivity contribution is 5.07. The van der Waals surface area contributed by atoms with Crippen LogP contribution in [-0.4, -0.2) is 55.7 Å². The van der Waals surface area contributed by atoms with Crippen LogP contribution in [0.15, 0.2) is 24.4 Å². The van der Waals surface area contributed by atoms with Gasteiger partial charge >= 0.3 is 0 Å². The molecule has 2 aliphatic rings. The van der Waals surface area contributed by atoms with E-state index in [0.29, 0.717) is 5.92 Å². The predicted molar refractivity (Wildman–Crippen MR) is 102 cm³/mol. The monoisotopic (exact) mass is 354 g/mol. The summed E-state index contributed by atoms with van der Waals surface area (Å²) < 4.78 is 2.25. The van der Waals surface area contributed by atoms with Crippen molar-refractivity contribution in [2.75, 3.05) is 26.2 Å². The van der Waals surface area contributed by atoms with Crippen LogP contribution < -0.4 is 0 Å². The molecule has 0 aliphatic carbocycles. The van der Waals surface area contributed by atoms with Gasteiger partial charge in [-0.2, -0.15) is 0 Å². The van der Waals surface area contributed by atoms with Crippen LogP contribution in [-0.2, 0) is 20.1 Å². The van der Waals surface area contributed by atoms with Gasteiger partial charge in [0.2, 0.25) is 0 Å². The van der Waals surface area contributed by atoms with Gasteiger partial charge in [-0.15, -0.1) is 10.2 Å². The van der Waals surface area contributed by atoms with Gasteiger partial charge in [-0.3, -0.25) is 14.8 Å². The Kier molecular flexibility index (Phi) is 5.60. The van der Waals surface area contributed by atoms with E-state index in [4.69, 9.17) is 0 Å². The highest BCUT2D eigenvalue weighted by Crippen LogP contribution is 2.27. The molecule has 2 aliphatic heterocycles. The number of pyridine rings is 1. The van der Waals surface area contributed by atoms with Crippen molar-refractivity contribution < 1.29 is 0 Å². The third-order valence-electron chi connectivity index (χ3n) is 5.79. The summed E-state index contributed by atoms with van der Waals surface area (Å²) >= 11 is 0. The molecule has 0 saturated carbocycles. The second kappa shape index (κ2) is 8.27. The van der Waals surface area contributed by atoms with Crippen molar-refractivity contribution in [1.29, 1.82) is 0 Å². The van der Waals surface area contributed by atoms with Gasteiger partial charge in [0.05, 0.1) is 12.2 Å². The molecule has 0 amide bonds. The highest BCUT2D eigenvalue weighted by Gasteiger charge is 2.26. The summed E-state index contributed by atoms with van der Waals surface area (Å²) in [7, 11) is 2.15. The molecule has 0 spiro atoms. The average Bonchev–Trinajstić information content (AvgIpc) is 3.04. The van der Waals surface area contributed by atoms with Gasteiger partial charge in [-0.25, -0.2) is 0 Å². The topological polar surface area (TPSA) is 50.1 Å². The molecule has 2 fully saturated rings. The van der Waals surface area contributed by atoms with E-state index in [9.17, 15) is 0 Å². The fraction of sp³-hybridized carbons (Fsp3) is 0.650. The molecule has 4 heterocycles. The van der Waals surface area contributed by atoms with E-state index in [1.807, 2.05) is 12.3 Å². The maximum atomic E-state index is 4.59. The Morgan fingerprint density at radius 2 is 1.81 bits per heavy atom. The van der Waals surface area contributed by atoms with E-state index >= 15 is 0 Å². The second-order valence-corrected chi connectivity index (χ2v) is 7.77.